The van der Waals surface area contributed by atoms with Crippen LogP contribution in [0.2, 0.25) is 0 Å². The molecule has 1 heterocycles. The average molecular weight is 306 g/mol. The summed E-state index contributed by atoms with van der Waals surface area (Å²) in [6, 6.07) is 7.91. The summed E-state index contributed by atoms with van der Waals surface area (Å²) in [5.74, 6) is 1.40. The van der Waals surface area contributed by atoms with Gasteiger partial charge in [-0.1, -0.05) is 19.1 Å². The number of methoxy groups -OCH3 is 1. The lowest BCUT2D eigenvalue weighted by Gasteiger charge is -2.35. The smallest absolute Gasteiger partial charge is 0.317 e. The largest absolute Gasteiger partial charge is 0.493 e. The third-order valence-electron chi connectivity index (χ3n) is 4.06. The Bertz CT molecular complexity index is 479. The molecule has 1 saturated heterocycles. The number of nitrogens with one attached hydrogen (secondary N) is 1. The SMILES string of the molecule is CCC1CCCCN1C(=O)NCCOc1ccccc1OC. The normalized spacial score (nSPS) is 17.9. The summed E-state index contributed by atoms with van der Waals surface area (Å²) in [7, 11) is 1.62. The fraction of sp³-hybridized carbons (Fsp3) is 0.588. The van der Waals surface area contributed by atoms with Crippen LogP contribution in [0, 0.1) is 0 Å². The van der Waals surface area contributed by atoms with Gasteiger partial charge in [-0.3, -0.25) is 0 Å². The third-order valence-corrected chi connectivity index (χ3v) is 4.06. The van der Waals surface area contributed by atoms with Crippen LogP contribution in [0.4, 0.5) is 4.79 Å². The summed E-state index contributed by atoms with van der Waals surface area (Å²) in [6.45, 7) is 3.92. The van der Waals surface area contributed by atoms with Crippen molar-refractivity contribution in [3.63, 3.8) is 0 Å². The molecule has 1 atom stereocenters. The fourth-order valence-electron chi connectivity index (χ4n) is 2.85. The molecule has 22 heavy (non-hydrogen) atoms. The number of nitrogens with zero attached hydrogens (tertiary/aromatic N) is 1. The number of hydrogen-bond acceptors (Lipinski definition) is 3. The first-order valence-corrected chi connectivity index (χ1v) is 8.06. The molecule has 1 aromatic carbocycles. The van der Waals surface area contributed by atoms with Crippen LogP contribution >= 0.6 is 0 Å². The van der Waals surface area contributed by atoms with Crippen LogP contribution in [0.15, 0.2) is 24.3 Å². The Kier molecular flexibility index (Phi) is 6.37. The first-order valence-electron chi connectivity index (χ1n) is 8.06. The van der Waals surface area contributed by atoms with Crippen molar-refractivity contribution in [2.45, 2.75) is 38.6 Å². The summed E-state index contributed by atoms with van der Waals surface area (Å²) in [5, 5.41) is 2.95. The molecule has 122 valence electrons. The Morgan fingerprint density at radius 1 is 1.32 bits per heavy atom. The Hall–Kier alpha value is -1.91. The van der Waals surface area contributed by atoms with Crippen molar-refractivity contribution >= 4 is 6.03 Å². The zero-order valence-electron chi connectivity index (χ0n) is 13.5. The molecule has 1 aliphatic heterocycles. The van der Waals surface area contributed by atoms with Gasteiger partial charge in [-0.2, -0.15) is 0 Å². The molecular weight excluding hydrogens is 280 g/mol. The van der Waals surface area contributed by atoms with Crippen molar-refractivity contribution in [2.75, 3.05) is 26.8 Å². The van der Waals surface area contributed by atoms with E-state index in [9.17, 15) is 4.79 Å². The van der Waals surface area contributed by atoms with Crippen LogP contribution in [0.1, 0.15) is 32.6 Å². The number of carbonyl (C=O) groups is 1. The standard InChI is InChI=1S/C17H26N2O3/c1-3-14-8-6-7-12-19(14)17(20)18-11-13-22-16-10-5-4-9-15(16)21-2/h4-5,9-10,14H,3,6-8,11-13H2,1-2H3,(H,18,20). The maximum absolute atomic E-state index is 12.2. The quantitative estimate of drug-likeness (QED) is 0.822. The second kappa shape index (κ2) is 8.51. The summed E-state index contributed by atoms with van der Waals surface area (Å²) in [6.07, 6.45) is 4.45. The molecule has 1 unspecified atom stereocenters. The first-order chi connectivity index (χ1) is 10.8. The molecule has 0 spiro atoms. The van der Waals surface area contributed by atoms with Gasteiger partial charge >= 0.3 is 6.03 Å². The molecule has 1 N–H and O–H groups in total. The van der Waals surface area contributed by atoms with Crippen LogP contribution in [-0.4, -0.2) is 43.8 Å². The van der Waals surface area contributed by atoms with Crippen LogP contribution in [0.5, 0.6) is 11.5 Å². The number of rotatable bonds is 6. The number of piperidine rings is 1. The number of amides is 2. The molecule has 0 aromatic heterocycles. The predicted octanol–water partition coefficient (Wildman–Crippen LogP) is 3.05. The van der Waals surface area contributed by atoms with Gasteiger partial charge in [0.05, 0.1) is 13.7 Å². The highest BCUT2D eigenvalue weighted by atomic mass is 16.5. The van der Waals surface area contributed by atoms with Gasteiger partial charge in [0, 0.05) is 12.6 Å². The minimum absolute atomic E-state index is 0.0233. The second-order valence-corrected chi connectivity index (χ2v) is 5.48. The van der Waals surface area contributed by atoms with E-state index in [0.717, 1.165) is 25.8 Å². The molecule has 5 heteroatoms. The number of ether oxygens (including phenoxy) is 2. The number of para-hydroxylation sites is 2. The molecular formula is C17H26N2O3. The monoisotopic (exact) mass is 306 g/mol. The highest BCUT2D eigenvalue weighted by molar-refractivity contribution is 5.74. The molecule has 0 aliphatic carbocycles. The molecule has 0 radical (unpaired) electrons. The molecule has 1 aromatic rings. The summed E-state index contributed by atoms with van der Waals surface area (Å²) < 4.78 is 10.9. The Labute approximate surface area is 132 Å². The van der Waals surface area contributed by atoms with Gasteiger partial charge in [0.25, 0.3) is 0 Å². The fourth-order valence-corrected chi connectivity index (χ4v) is 2.85. The van der Waals surface area contributed by atoms with E-state index in [1.807, 2.05) is 29.2 Å². The van der Waals surface area contributed by atoms with E-state index in [1.165, 1.54) is 6.42 Å². The van der Waals surface area contributed by atoms with Crippen molar-refractivity contribution in [1.82, 2.24) is 10.2 Å². The van der Waals surface area contributed by atoms with Gasteiger partial charge in [0.1, 0.15) is 6.61 Å². The molecule has 1 aliphatic rings. The van der Waals surface area contributed by atoms with Gasteiger partial charge in [0.2, 0.25) is 0 Å². The Morgan fingerprint density at radius 2 is 2.09 bits per heavy atom. The maximum Gasteiger partial charge on any atom is 0.317 e. The lowest BCUT2D eigenvalue weighted by atomic mass is 10.0. The van der Waals surface area contributed by atoms with E-state index in [0.29, 0.717) is 30.7 Å². The minimum atomic E-state index is 0.0233. The van der Waals surface area contributed by atoms with Crippen LogP contribution < -0.4 is 14.8 Å². The van der Waals surface area contributed by atoms with Gasteiger partial charge in [-0.15, -0.1) is 0 Å². The van der Waals surface area contributed by atoms with Crippen molar-refractivity contribution in [2.24, 2.45) is 0 Å². The maximum atomic E-state index is 12.2. The van der Waals surface area contributed by atoms with Gasteiger partial charge in [-0.05, 0) is 37.8 Å². The molecule has 0 saturated carbocycles. The van der Waals surface area contributed by atoms with Crippen LogP contribution in [-0.2, 0) is 0 Å². The Morgan fingerprint density at radius 3 is 2.82 bits per heavy atom. The van der Waals surface area contributed by atoms with Crippen molar-refractivity contribution in [3.05, 3.63) is 24.3 Å². The predicted molar refractivity (Wildman–Crippen MR) is 86.5 cm³/mol. The number of carbonyl (C=O) groups excluding carboxylic acids is 1. The average Bonchev–Trinajstić information content (AvgIpc) is 2.58. The first kappa shape index (κ1) is 16.5. The van der Waals surface area contributed by atoms with Crippen molar-refractivity contribution in [3.8, 4) is 11.5 Å². The lowest BCUT2D eigenvalue weighted by Crippen LogP contribution is -2.49. The van der Waals surface area contributed by atoms with Crippen LogP contribution in [0.25, 0.3) is 0 Å². The molecule has 5 nitrogen and oxygen atoms in total. The minimum Gasteiger partial charge on any atom is -0.493 e. The molecule has 2 amide bonds. The van der Waals surface area contributed by atoms with E-state index >= 15 is 0 Å². The highest BCUT2D eigenvalue weighted by Crippen LogP contribution is 2.25. The van der Waals surface area contributed by atoms with Gasteiger partial charge in [-0.25, -0.2) is 4.79 Å². The summed E-state index contributed by atoms with van der Waals surface area (Å²) in [5.41, 5.74) is 0. The van der Waals surface area contributed by atoms with Gasteiger partial charge < -0.3 is 19.7 Å². The molecule has 1 fully saturated rings. The second-order valence-electron chi connectivity index (χ2n) is 5.48. The van der Waals surface area contributed by atoms with E-state index in [4.69, 9.17) is 9.47 Å². The van der Waals surface area contributed by atoms with E-state index in [-0.39, 0.29) is 6.03 Å². The number of benzene rings is 1. The molecule has 0 bridgehead atoms. The van der Waals surface area contributed by atoms with E-state index < -0.39 is 0 Å². The molecule has 2 rings (SSSR count). The van der Waals surface area contributed by atoms with Crippen molar-refractivity contribution < 1.29 is 14.3 Å². The summed E-state index contributed by atoms with van der Waals surface area (Å²) >= 11 is 0. The number of urea groups is 1. The number of likely N-dealkylation sites (tertiary alicyclic amines) is 1. The Balaban J connectivity index is 1.75. The summed E-state index contributed by atoms with van der Waals surface area (Å²) in [4.78, 5) is 14.2. The zero-order valence-corrected chi connectivity index (χ0v) is 13.5. The zero-order chi connectivity index (χ0) is 15.8. The van der Waals surface area contributed by atoms with Crippen LogP contribution in [0.3, 0.4) is 0 Å². The third kappa shape index (κ3) is 4.29. The van der Waals surface area contributed by atoms with E-state index in [2.05, 4.69) is 12.2 Å². The lowest BCUT2D eigenvalue weighted by molar-refractivity contribution is 0.147. The topological polar surface area (TPSA) is 50.8 Å². The van der Waals surface area contributed by atoms with Gasteiger partial charge in [0.15, 0.2) is 11.5 Å². The number of hydrogen-bond donors (Lipinski definition) is 1. The highest BCUT2D eigenvalue weighted by Gasteiger charge is 2.24. The van der Waals surface area contributed by atoms with E-state index in [1.54, 1.807) is 7.11 Å². The van der Waals surface area contributed by atoms with Crippen molar-refractivity contribution in [1.29, 1.82) is 0 Å².